The molecule has 0 fully saturated rings. The Balaban J connectivity index is 2.46. The SMILES string of the molecule is CCc1ccccc1NS(=O)(=O)c1cc(N)c(C)cc1Cl. The fourth-order valence-electron chi connectivity index (χ4n) is 2.00. The minimum Gasteiger partial charge on any atom is -0.398 e. The number of aryl methyl sites for hydroxylation is 2. The maximum Gasteiger partial charge on any atom is 0.263 e. The molecule has 0 unspecified atom stereocenters. The second-order valence-electron chi connectivity index (χ2n) is 4.76. The Morgan fingerprint density at radius 1 is 1.24 bits per heavy atom. The van der Waals surface area contributed by atoms with Crippen LogP contribution < -0.4 is 10.5 Å². The third kappa shape index (κ3) is 3.31. The van der Waals surface area contributed by atoms with Gasteiger partial charge in [-0.2, -0.15) is 0 Å². The highest BCUT2D eigenvalue weighted by atomic mass is 35.5. The van der Waals surface area contributed by atoms with E-state index >= 15 is 0 Å². The Kier molecular flexibility index (Phi) is 4.44. The van der Waals surface area contributed by atoms with E-state index < -0.39 is 10.0 Å². The van der Waals surface area contributed by atoms with Crippen molar-refractivity contribution >= 4 is 33.0 Å². The first kappa shape index (κ1) is 15.7. The molecule has 0 saturated heterocycles. The summed E-state index contributed by atoms with van der Waals surface area (Å²) in [6, 6.07) is 10.2. The van der Waals surface area contributed by atoms with Crippen LogP contribution in [-0.2, 0) is 16.4 Å². The number of nitrogens with one attached hydrogen (secondary N) is 1. The first-order valence-corrected chi connectivity index (χ1v) is 8.37. The predicted octanol–water partition coefficient (Wildman–Crippen LogP) is 3.59. The normalized spacial score (nSPS) is 11.4. The number of nitrogens with two attached hydrogens (primary N) is 1. The fraction of sp³-hybridized carbons (Fsp3) is 0.200. The van der Waals surface area contributed by atoms with E-state index in [2.05, 4.69) is 4.72 Å². The van der Waals surface area contributed by atoms with E-state index in [1.807, 2.05) is 19.1 Å². The molecule has 4 nitrogen and oxygen atoms in total. The summed E-state index contributed by atoms with van der Waals surface area (Å²) < 4.78 is 27.6. The number of sulfonamides is 1. The number of anilines is 2. The summed E-state index contributed by atoms with van der Waals surface area (Å²) in [5, 5.41) is 0.156. The average molecular weight is 325 g/mol. The molecule has 0 spiro atoms. The van der Waals surface area contributed by atoms with Crippen LogP contribution >= 0.6 is 11.6 Å². The van der Waals surface area contributed by atoms with E-state index in [1.54, 1.807) is 25.1 Å². The van der Waals surface area contributed by atoms with Gasteiger partial charge in [-0.15, -0.1) is 0 Å². The first-order chi connectivity index (χ1) is 9.85. The van der Waals surface area contributed by atoms with Crippen LogP contribution in [0.4, 0.5) is 11.4 Å². The third-order valence-electron chi connectivity index (χ3n) is 3.25. The van der Waals surface area contributed by atoms with Crippen LogP contribution in [0.15, 0.2) is 41.3 Å². The third-order valence-corrected chi connectivity index (χ3v) is 5.08. The van der Waals surface area contributed by atoms with Crippen molar-refractivity contribution in [2.45, 2.75) is 25.2 Å². The summed E-state index contributed by atoms with van der Waals surface area (Å²) in [4.78, 5) is -0.0156. The molecule has 0 bridgehead atoms. The quantitative estimate of drug-likeness (QED) is 0.844. The summed E-state index contributed by atoms with van der Waals surface area (Å²) in [7, 11) is -3.78. The summed E-state index contributed by atoms with van der Waals surface area (Å²) in [6.07, 6.45) is 0.725. The highest BCUT2D eigenvalue weighted by Gasteiger charge is 2.20. The van der Waals surface area contributed by atoms with Crippen molar-refractivity contribution in [3.8, 4) is 0 Å². The lowest BCUT2D eigenvalue weighted by Crippen LogP contribution is -2.15. The van der Waals surface area contributed by atoms with Crippen molar-refractivity contribution < 1.29 is 8.42 Å². The summed E-state index contributed by atoms with van der Waals surface area (Å²) in [6.45, 7) is 3.74. The van der Waals surface area contributed by atoms with Gasteiger partial charge in [0.2, 0.25) is 0 Å². The lowest BCUT2D eigenvalue weighted by Gasteiger charge is -2.13. The van der Waals surface area contributed by atoms with Crippen molar-refractivity contribution in [1.82, 2.24) is 0 Å². The molecule has 0 atom stereocenters. The summed E-state index contributed by atoms with van der Waals surface area (Å²) in [5.41, 5.74) is 8.39. The second kappa shape index (κ2) is 5.95. The highest BCUT2D eigenvalue weighted by Crippen LogP contribution is 2.29. The number of hydrogen-bond acceptors (Lipinski definition) is 3. The van der Waals surface area contributed by atoms with E-state index in [1.165, 1.54) is 6.07 Å². The number of benzene rings is 2. The van der Waals surface area contributed by atoms with Crippen LogP contribution in [0.2, 0.25) is 5.02 Å². The molecule has 112 valence electrons. The van der Waals surface area contributed by atoms with Gasteiger partial charge in [-0.05, 0) is 42.7 Å². The molecule has 2 aromatic rings. The predicted molar refractivity (Wildman–Crippen MR) is 87.2 cm³/mol. The van der Waals surface area contributed by atoms with Crippen molar-refractivity contribution in [2.24, 2.45) is 0 Å². The number of nitrogen functional groups attached to an aromatic ring is 1. The van der Waals surface area contributed by atoms with Crippen LogP contribution in [0, 0.1) is 6.92 Å². The molecule has 0 heterocycles. The molecule has 0 aliphatic heterocycles. The number of para-hydroxylation sites is 1. The zero-order valence-electron chi connectivity index (χ0n) is 11.9. The molecule has 0 saturated carbocycles. The zero-order chi connectivity index (χ0) is 15.6. The lowest BCUT2D eigenvalue weighted by atomic mass is 10.1. The van der Waals surface area contributed by atoms with E-state index in [-0.39, 0.29) is 9.92 Å². The van der Waals surface area contributed by atoms with E-state index in [4.69, 9.17) is 17.3 Å². The average Bonchev–Trinajstić information content (AvgIpc) is 2.43. The minimum absolute atomic E-state index is 0.0156. The Morgan fingerprint density at radius 3 is 2.57 bits per heavy atom. The van der Waals surface area contributed by atoms with Gasteiger partial charge in [0.1, 0.15) is 4.90 Å². The largest absolute Gasteiger partial charge is 0.398 e. The van der Waals surface area contributed by atoms with Gasteiger partial charge in [-0.1, -0.05) is 36.7 Å². The van der Waals surface area contributed by atoms with Crippen LogP contribution in [0.1, 0.15) is 18.1 Å². The Bertz CT molecular complexity index is 773. The van der Waals surface area contributed by atoms with Crippen molar-refractivity contribution in [1.29, 1.82) is 0 Å². The van der Waals surface area contributed by atoms with Crippen LogP contribution in [0.25, 0.3) is 0 Å². The molecular formula is C15H17ClN2O2S. The van der Waals surface area contributed by atoms with E-state index in [0.29, 0.717) is 11.4 Å². The smallest absolute Gasteiger partial charge is 0.263 e. The second-order valence-corrected chi connectivity index (χ2v) is 6.81. The summed E-state index contributed by atoms with van der Waals surface area (Å²) in [5.74, 6) is 0. The molecule has 0 aromatic heterocycles. The van der Waals surface area contributed by atoms with Gasteiger partial charge in [0.15, 0.2) is 0 Å². The van der Waals surface area contributed by atoms with Gasteiger partial charge < -0.3 is 5.73 Å². The fourth-order valence-corrected chi connectivity index (χ4v) is 3.72. The maximum absolute atomic E-state index is 12.5. The maximum atomic E-state index is 12.5. The van der Waals surface area contributed by atoms with Gasteiger partial charge in [0, 0.05) is 5.69 Å². The molecule has 6 heteroatoms. The minimum atomic E-state index is -3.78. The van der Waals surface area contributed by atoms with Crippen molar-refractivity contribution in [3.05, 3.63) is 52.5 Å². The molecule has 0 amide bonds. The van der Waals surface area contributed by atoms with Crippen molar-refractivity contribution in [2.75, 3.05) is 10.5 Å². The standard InChI is InChI=1S/C15H17ClN2O2S/c1-3-11-6-4-5-7-14(11)18-21(19,20)15-9-13(17)10(2)8-12(15)16/h4-9,18H,3,17H2,1-2H3. The van der Waals surface area contributed by atoms with Gasteiger partial charge in [-0.25, -0.2) is 8.42 Å². The van der Waals surface area contributed by atoms with Gasteiger partial charge in [-0.3, -0.25) is 4.72 Å². The molecule has 3 N–H and O–H groups in total. The number of rotatable bonds is 4. The van der Waals surface area contributed by atoms with Crippen LogP contribution in [-0.4, -0.2) is 8.42 Å². The topological polar surface area (TPSA) is 72.2 Å². The van der Waals surface area contributed by atoms with E-state index in [0.717, 1.165) is 17.5 Å². The Labute approximate surface area is 130 Å². The highest BCUT2D eigenvalue weighted by molar-refractivity contribution is 7.92. The first-order valence-electron chi connectivity index (χ1n) is 6.51. The van der Waals surface area contributed by atoms with Gasteiger partial charge >= 0.3 is 0 Å². The van der Waals surface area contributed by atoms with Crippen LogP contribution in [0.3, 0.4) is 0 Å². The van der Waals surface area contributed by atoms with Gasteiger partial charge in [0.05, 0.1) is 10.7 Å². The molecular weight excluding hydrogens is 308 g/mol. The molecule has 0 radical (unpaired) electrons. The zero-order valence-corrected chi connectivity index (χ0v) is 13.4. The molecule has 0 aliphatic carbocycles. The Morgan fingerprint density at radius 2 is 1.90 bits per heavy atom. The van der Waals surface area contributed by atoms with E-state index in [9.17, 15) is 8.42 Å². The number of halogens is 1. The van der Waals surface area contributed by atoms with Crippen molar-refractivity contribution in [3.63, 3.8) is 0 Å². The van der Waals surface area contributed by atoms with Gasteiger partial charge in [0.25, 0.3) is 10.0 Å². The molecule has 2 rings (SSSR count). The molecule has 2 aromatic carbocycles. The van der Waals surface area contributed by atoms with Crippen LogP contribution in [0.5, 0.6) is 0 Å². The molecule has 0 aliphatic rings. The number of hydrogen-bond donors (Lipinski definition) is 2. The summed E-state index contributed by atoms with van der Waals surface area (Å²) >= 11 is 6.05. The monoisotopic (exact) mass is 324 g/mol. The Hall–Kier alpha value is -1.72. The molecule has 21 heavy (non-hydrogen) atoms. The lowest BCUT2D eigenvalue weighted by molar-refractivity contribution is 0.601.